The molecule has 0 saturated carbocycles. The molecular formula is C10H9ClFN3O2. The third-order valence-electron chi connectivity index (χ3n) is 2.13. The molecule has 1 aromatic heterocycles. The van der Waals surface area contributed by atoms with Gasteiger partial charge in [-0.3, -0.25) is 0 Å². The van der Waals surface area contributed by atoms with E-state index in [-0.39, 0.29) is 23.3 Å². The highest BCUT2D eigenvalue weighted by atomic mass is 35.5. The van der Waals surface area contributed by atoms with Gasteiger partial charge < -0.3 is 15.4 Å². The van der Waals surface area contributed by atoms with Crippen molar-refractivity contribution < 1.29 is 14.0 Å². The van der Waals surface area contributed by atoms with E-state index in [9.17, 15) is 4.39 Å². The van der Waals surface area contributed by atoms with Crippen molar-refractivity contribution in [3.63, 3.8) is 0 Å². The fourth-order valence-electron chi connectivity index (χ4n) is 1.22. The van der Waals surface area contributed by atoms with Crippen molar-refractivity contribution in [1.82, 2.24) is 10.1 Å². The molecule has 0 unspecified atom stereocenters. The van der Waals surface area contributed by atoms with Crippen LogP contribution in [0.5, 0.6) is 0 Å². The predicted molar refractivity (Wildman–Crippen MR) is 58.7 cm³/mol. The summed E-state index contributed by atoms with van der Waals surface area (Å²) in [5, 5.41) is 12.5. The quantitative estimate of drug-likeness (QED) is 0.871. The third-order valence-corrected chi connectivity index (χ3v) is 2.42. The van der Waals surface area contributed by atoms with Gasteiger partial charge in [-0.2, -0.15) is 4.98 Å². The fraction of sp³-hybridized carbons (Fsp3) is 0.200. The molecular weight excluding hydrogens is 249 g/mol. The van der Waals surface area contributed by atoms with Crippen molar-refractivity contribution in [1.29, 1.82) is 0 Å². The second-order valence-electron chi connectivity index (χ2n) is 3.37. The number of hydrogen-bond acceptors (Lipinski definition) is 5. The number of benzene rings is 1. The van der Waals surface area contributed by atoms with E-state index in [0.29, 0.717) is 5.56 Å². The second-order valence-corrected chi connectivity index (χ2v) is 3.78. The Bertz CT molecular complexity index is 532. The summed E-state index contributed by atoms with van der Waals surface area (Å²) in [6.07, 6.45) is 0. The standard InChI is InChI=1S/C10H9ClFN3O2/c11-6-3-5(1-2-7(6)12)9-14-10(17-15-9)8(13)4-16/h1-3,8,16H,4,13H2/t8-/m0/s1. The van der Waals surface area contributed by atoms with Gasteiger partial charge in [0.15, 0.2) is 0 Å². The van der Waals surface area contributed by atoms with Gasteiger partial charge in [-0.1, -0.05) is 16.8 Å². The van der Waals surface area contributed by atoms with Crippen molar-refractivity contribution in [2.45, 2.75) is 6.04 Å². The maximum Gasteiger partial charge on any atom is 0.246 e. The first-order valence-corrected chi connectivity index (χ1v) is 5.15. The van der Waals surface area contributed by atoms with Crippen molar-refractivity contribution in [2.75, 3.05) is 6.61 Å². The molecule has 0 bridgehead atoms. The van der Waals surface area contributed by atoms with Crippen LogP contribution >= 0.6 is 11.6 Å². The Morgan fingerprint density at radius 3 is 2.94 bits per heavy atom. The lowest BCUT2D eigenvalue weighted by molar-refractivity contribution is 0.237. The van der Waals surface area contributed by atoms with E-state index in [1.807, 2.05) is 0 Å². The minimum absolute atomic E-state index is 0.0275. The van der Waals surface area contributed by atoms with Crippen LogP contribution < -0.4 is 5.73 Å². The van der Waals surface area contributed by atoms with Gasteiger partial charge in [0.05, 0.1) is 11.6 Å². The van der Waals surface area contributed by atoms with Crippen LogP contribution in [0.1, 0.15) is 11.9 Å². The van der Waals surface area contributed by atoms with Gasteiger partial charge in [0, 0.05) is 5.56 Å². The van der Waals surface area contributed by atoms with E-state index in [1.54, 1.807) is 0 Å². The van der Waals surface area contributed by atoms with Crippen LogP contribution in [0.3, 0.4) is 0 Å². The van der Waals surface area contributed by atoms with E-state index in [1.165, 1.54) is 18.2 Å². The molecule has 2 rings (SSSR count). The van der Waals surface area contributed by atoms with E-state index >= 15 is 0 Å². The van der Waals surface area contributed by atoms with Crippen molar-refractivity contribution in [3.8, 4) is 11.4 Å². The van der Waals surface area contributed by atoms with Gasteiger partial charge in [-0.15, -0.1) is 0 Å². The smallest absolute Gasteiger partial charge is 0.246 e. The molecule has 1 aromatic carbocycles. The highest BCUT2D eigenvalue weighted by Gasteiger charge is 2.15. The van der Waals surface area contributed by atoms with Crippen molar-refractivity contribution in [2.24, 2.45) is 5.73 Å². The van der Waals surface area contributed by atoms with Gasteiger partial charge in [-0.05, 0) is 18.2 Å². The van der Waals surface area contributed by atoms with Gasteiger partial charge >= 0.3 is 0 Å². The molecule has 5 nitrogen and oxygen atoms in total. The number of aromatic nitrogens is 2. The Hall–Kier alpha value is -1.50. The molecule has 0 amide bonds. The molecule has 1 atom stereocenters. The molecule has 2 aromatic rings. The molecule has 0 radical (unpaired) electrons. The zero-order valence-corrected chi connectivity index (χ0v) is 9.36. The van der Waals surface area contributed by atoms with Crippen LogP contribution in [-0.4, -0.2) is 21.9 Å². The molecule has 90 valence electrons. The maximum absolute atomic E-state index is 13.0. The summed E-state index contributed by atoms with van der Waals surface area (Å²) in [5.74, 6) is -0.167. The lowest BCUT2D eigenvalue weighted by atomic mass is 10.2. The van der Waals surface area contributed by atoms with Crippen molar-refractivity contribution >= 4 is 11.6 Å². The SMILES string of the molecule is N[C@@H](CO)c1nc(-c2ccc(F)c(Cl)c2)no1. The van der Waals surface area contributed by atoms with E-state index in [0.717, 1.165) is 0 Å². The average Bonchev–Trinajstić information content (AvgIpc) is 2.81. The molecule has 0 spiro atoms. The zero-order chi connectivity index (χ0) is 12.4. The monoisotopic (exact) mass is 257 g/mol. The lowest BCUT2D eigenvalue weighted by Crippen LogP contribution is -2.14. The number of nitrogens with zero attached hydrogens (tertiary/aromatic N) is 2. The number of halogens is 2. The molecule has 0 aliphatic carbocycles. The first kappa shape index (κ1) is 12.0. The van der Waals surface area contributed by atoms with Crippen molar-refractivity contribution in [3.05, 3.63) is 34.9 Å². The lowest BCUT2D eigenvalue weighted by Gasteiger charge is -1.99. The minimum Gasteiger partial charge on any atom is -0.394 e. The first-order chi connectivity index (χ1) is 8.11. The number of rotatable bonds is 3. The molecule has 1 heterocycles. The average molecular weight is 258 g/mol. The zero-order valence-electron chi connectivity index (χ0n) is 8.60. The van der Waals surface area contributed by atoms with Gasteiger partial charge in [0.1, 0.15) is 11.9 Å². The van der Waals surface area contributed by atoms with Crippen LogP contribution in [-0.2, 0) is 0 Å². The normalized spacial score (nSPS) is 12.7. The molecule has 0 saturated heterocycles. The third kappa shape index (κ3) is 2.44. The summed E-state index contributed by atoms with van der Waals surface area (Å²) in [6.45, 7) is -0.300. The topological polar surface area (TPSA) is 85.2 Å². The Balaban J connectivity index is 2.33. The molecule has 3 N–H and O–H groups in total. The summed E-state index contributed by atoms with van der Waals surface area (Å²) in [5.41, 5.74) is 6.02. The number of aliphatic hydroxyl groups is 1. The summed E-state index contributed by atoms with van der Waals surface area (Å²) >= 11 is 5.63. The number of aliphatic hydroxyl groups excluding tert-OH is 1. The molecule has 17 heavy (non-hydrogen) atoms. The van der Waals surface area contributed by atoms with Gasteiger partial charge in [-0.25, -0.2) is 4.39 Å². The van der Waals surface area contributed by atoms with Crippen LogP contribution in [0.15, 0.2) is 22.7 Å². The fourth-order valence-corrected chi connectivity index (χ4v) is 1.40. The highest BCUT2D eigenvalue weighted by molar-refractivity contribution is 6.31. The number of hydrogen-bond donors (Lipinski definition) is 2. The van der Waals surface area contributed by atoms with Crippen LogP contribution in [0.25, 0.3) is 11.4 Å². The second kappa shape index (κ2) is 4.79. The predicted octanol–water partition coefficient (Wildman–Crippen LogP) is 1.52. The van der Waals surface area contributed by atoms with Crippen LogP contribution in [0.2, 0.25) is 5.02 Å². The summed E-state index contributed by atoms with van der Waals surface area (Å²) in [6, 6.07) is 3.34. The largest absolute Gasteiger partial charge is 0.394 e. The van der Waals surface area contributed by atoms with Crippen LogP contribution in [0.4, 0.5) is 4.39 Å². The summed E-state index contributed by atoms with van der Waals surface area (Å²) in [4.78, 5) is 3.98. The first-order valence-electron chi connectivity index (χ1n) is 4.77. The molecule has 0 aliphatic rings. The Morgan fingerprint density at radius 2 is 2.29 bits per heavy atom. The Labute approximate surface area is 101 Å². The Kier molecular flexibility index (Phi) is 3.37. The van der Waals surface area contributed by atoms with Gasteiger partial charge in [0.2, 0.25) is 11.7 Å². The summed E-state index contributed by atoms with van der Waals surface area (Å²) < 4.78 is 17.8. The van der Waals surface area contributed by atoms with Gasteiger partial charge in [0.25, 0.3) is 0 Å². The Morgan fingerprint density at radius 1 is 1.53 bits per heavy atom. The van der Waals surface area contributed by atoms with E-state index in [4.69, 9.17) is 27.0 Å². The highest BCUT2D eigenvalue weighted by Crippen LogP contribution is 2.23. The molecule has 0 fully saturated rings. The number of nitrogens with two attached hydrogens (primary N) is 1. The van der Waals surface area contributed by atoms with Crippen LogP contribution in [0, 0.1) is 5.82 Å². The van der Waals surface area contributed by atoms with E-state index < -0.39 is 11.9 Å². The minimum atomic E-state index is -0.729. The molecule has 0 aliphatic heterocycles. The summed E-state index contributed by atoms with van der Waals surface area (Å²) in [7, 11) is 0. The maximum atomic E-state index is 13.0. The molecule has 7 heteroatoms. The van der Waals surface area contributed by atoms with E-state index in [2.05, 4.69) is 10.1 Å².